The fourth-order valence-electron chi connectivity index (χ4n) is 1.53. The summed E-state index contributed by atoms with van der Waals surface area (Å²) in [6.07, 6.45) is 0. The number of hydrogen-bond acceptors (Lipinski definition) is 3. The number of aromatic carboxylic acids is 1. The molecule has 0 unspecified atom stereocenters. The van der Waals surface area contributed by atoms with Crippen LogP contribution in [0.2, 0.25) is 5.02 Å². The molecular weight excluding hydrogens is 332 g/mol. The van der Waals surface area contributed by atoms with Crippen molar-refractivity contribution in [1.29, 1.82) is 0 Å². The molecule has 0 radical (unpaired) electrons. The van der Waals surface area contributed by atoms with Crippen LogP contribution in [0.4, 0.5) is 0 Å². The van der Waals surface area contributed by atoms with Gasteiger partial charge in [-0.2, -0.15) is 0 Å². The van der Waals surface area contributed by atoms with Crippen LogP contribution in [0.25, 0.3) is 0 Å². The van der Waals surface area contributed by atoms with Gasteiger partial charge >= 0.3 is 0 Å². The number of carboxylic acid groups (broad SMARTS) is 1. The van der Waals surface area contributed by atoms with E-state index in [0.29, 0.717) is 9.50 Å². The van der Waals surface area contributed by atoms with Gasteiger partial charge in [-0.05, 0) is 35.9 Å². The Morgan fingerprint density at radius 2 is 1.89 bits per heavy atom. The maximum absolute atomic E-state index is 11.0. The van der Waals surface area contributed by atoms with E-state index >= 15 is 0 Å². The largest absolute Gasteiger partial charge is 0.545 e. The van der Waals surface area contributed by atoms with E-state index in [9.17, 15) is 9.90 Å². The first-order valence-corrected chi connectivity index (χ1v) is 6.61. The molecule has 0 saturated heterocycles. The minimum atomic E-state index is -1.27. The van der Waals surface area contributed by atoms with Gasteiger partial charge in [0.1, 0.15) is 12.4 Å². The lowest BCUT2D eigenvalue weighted by Gasteiger charge is -2.12. The van der Waals surface area contributed by atoms with E-state index in [1.54, 1.807) is 24.3 Å². The molecule has 0 N–H and O–H groups in total. The van der Waals surface area contributed by atoms with Crippen LogP contribution < -0.4 is 9.84 Å². The molecule has 0 spiro atoms. The van der Waals surface area contributed by atoms with Gasteiger partial charge in [-0.1, -0.05) is 39.7 Å². The van der Waals surface area contributed by atoms with E-state index in [4.69, 9.17) is 16.3 Å². The van der Waals surface area contributed by atoms with Gasteiger partial charge in [-0.15, -0.1) is 0 Å². The van der Waals surface area contributed by atoms with Gasteiger partial charge in [0.2, 0.25) is 0 Å². The lowest BCUT2D eigenvalue weighted by atomic mass is 10.2. The van der Waals surface area contributed by atoms with Gasteiger partial charge < -0.3 is 14.6 Å². The first kappa shape index (κ1) is 13.9. The molecule has 5 heteroatoms. The monoisotopic (exact) mass is 339 g/mol. The summed E-state index contributed by atoms with van der Waals surface area (Å²) in [6.45, 7) is 0.263. The van der Waals surface area contributed by atoms with Gasteiger partial charge in [-0.25, -0.2) is 0 Å². The molecule has 0 aromatic heterocycles. The van der Waals surface area contributed by atoms with E-state index in [1.807, 2.05) is 12.1 Å². The molecule has 2 aromatic rings. The standard InChI is InChI=1S/C14H10BrClO3/c15-10-3-6-13(12(7-10)14(17)18)19-8-9-1-4-11(16)5-2-9/h1-7H,8H2,(H,17,18)/p-1. The Morgan fingerprint density at radius 1 is 1.21 bits per heavy atom. The van der Waals surface area contributed by atoms with Crippen LogP contribution in [-0.2, 0) is 6.61 Å². The smallest absolute Gasteiger partial charge is 0.128 e. The third-order valence-corrected chi connectivity index (χ3v) is 3.21. The minimum Gasteiger partial charge on any atom is -0.545 e. The van der Waals surface area contributed by atoms with E-state index in [1.165, 1.54) is 6.07 Å². The highest BCUT2D eigenvalue weighted by Crippen LogP contribution is 2.23. The highest BCUT2D eigenvalue weighted by molar-refractivity contribution is 9.10. The van der Waals surface area contributed by atoms with Gasteiger partial charge in [0.05, 0.1) is 5.97 Å². The molecule has 0 fully saturated rings. The summed E-state index contributed by atoms with van der Waals surface area (Å²) in [4.78, 5) is 11.0. The molecule has 2 rings (SSSR count). The van der Waals surface area contributed by atoms with Gasteiger partial charge in [-0.3, -0.25) is 0 Å². The summed E-state index contributed by atoms with van der Waals surface area (Å²) in [5.74, 6) is -0.995. The molecule has 0 amide bonds. The van der Waals surface area contributed by atoms with Crippen LogP contribution in [0.5, 0.6) is 5.75 Å². The first-order chi connectivity index (χ1) is 9.06. The number of halogens is 2. The summed E-state index contributed by atoms with van der Waals surface area (Å²) in [5.41, 5.74) is 0.917. The van der Waals surface area contributed by atoms with Crippen LogP contribution >= 0.6 is 27.5 Å². The lowest BCUT2D eigenvalue weighted by molar-refractivity contribution is -0.255. The molecule has 3 nitrogen and oxygen atoms in total. The molecule has 0 bridgehead atoms. The van der Waals surface area contributed by atoms with Gasteiger partial charge in [0, 0.05) is 15.1 Å². The second-order valence-electron chi connectivity index (χ2n) is 3.84. The van der Waals surface area contributed by atoms with Gasteiger partial charge in [0.15, 0.2) is 0 Å². The predicted octanol–water partition coefficient (Wildman–Crippen LogP) is 3.05. The summed E-state index contributed by atoms with van der Waals surface area (Å²) >= 11 is 8.99. The van der Waals surface area contributed by atoms with Crippen molar-refractivity contribution < 1.29 is 14.6 Å². The molecular formula is C14H9BrClO3-. The summed E-state index contributed by atoms with van der Waals surface area (Å²) < 4.78 is 6.15. The van der Waals surface area contributed by atoms with Crippen LogP contribution in [0.1, 0.15) is 15.9 Å². The predicted molar refractivity (Wildman–Crippen MR) is 74.3 cm³/mol. The quantitative estimate of drug-likeness (QED) is 0.859. The highest BCUT2D eigenvalue weighted by atomic mass is 79.9. The normalized spacial score (nSPS) is 10.2. The van der Waals surface area contributed by atoms with Crippen molar-refractivity contribution >= 4 is 33.5 Å². The Bertz CT molecular complexity index is 596. The Hall–Kier alpha value is -1.52. The molecule has 0 aliphatic rings. The number of carboxylic acids is 1. The average Bonchev–Trinajstić information content (AvgIpc) is 2.39. The molecule has 0 aliphatic carbocycles. The van der Waals surface area contributed by atoms with Crippen molar-refractivity contribution in [2.45, 2.75) is 6.61 Å². The minimum absolute atomic E-state index is 0.0170. The zero-order valence-corrected chi connectivity index (χ0v) is 12.1. The second kappa shape index (κ2) is 6.08. The van der Waals surface area contributed by atoms with Crippen molar-refractivity contribution in [3.8, 4) is 5.75 Å². The molecule has 98 valence electrons. The molecule has 2 aromatic carbocycles. The zero-order valence-electron chi connectivity index (χ0n) is 9.73. The van der Waals surface area contributed by atoms with Crippen molar-refractivity contribution in [1.82, 2.24) is 0 Å². The SMILES string of the molecule is O=C([O-])c1cc(Br)ccc1OCc1ccc(Cl)cc1. The number of benzene rings is 2. The maximum atomic E-state index is 11.0. The fourth-order valence-corrected chi connectivity index (χ4v) is 2.02. The Labute approximate surface area is 123 Å². The van der Waals surface area contributed by atoms with E-state index in [-0.39, 0.29) is 17.9 Å². The number of carbonyl (C=O) groups is 1. The van der Waals surface area contributed by atoms with Crippen molar-refractivity contribution in [2.75, 3.05) is 0 Å². The Balaban J connectivity index is 2.15. The Morgan fingerprint density at radius 3 is 2.53 bits per heavy atom. The van der Waals surface area contributed by atoms with Crippen molar-refractivity contribution in [3.63, 3.8) is 0 Å². The van der Waals surface area contributed by atoms with Crippen LogP contribution in [0.15, 0.2) is 46.9 Å². The number of carbonyl (C=O) groups excluding carboxylic acids is 1. The highest BCUT2D eigenvalue weighted by Gasteiger charge is 2.06. The second-order valence-corrected chi connectivity index (χ2v) is 5.20. The van der Waals surface area contributed by atoms with Crippen LogP contribution in [0, 0.1) is 0 Å². The van der Waals surface area contributed by atoms with E-state index < -0.39 is 5.97 Å². The maximum Gasteiger partial charge on any atom is 0.128 e. The molecule has 19 heavy (non-hydrogen) atoms. The van der Waals surface area contributed by atoms with Crippen molar-refractivity contribution in [2.24, 2.45) is 0 Å². The average molecular weight is 341 g/mol. The summed E-state index contributed by atoms with van der Waals surface area (Å²) in [7, 11) is 0. The number of ether oxygens (including phenoxy) is 1. The van der Waals surface area contributed by atoms with E-state index in [2.05, 4.69) is 15.9 Å². The van der Waals surface area contributed by atoms with Crippen LogP contribution in [0.3, 0.4) is 0 Å². The van der Waals surface area contributed by atoms with Gasteiger partial charge in [0.25, 0.3) is 0 Å². The number of rotatable bonds is 4. The molecule has 0 saturated carbocycles. The lowest BCUT2D eigenvalue weighted by Crippen LogP contribution is -2.23. The first-order valence-electron chi connectivity index (χ1n) is 5.44. The molecule has 0 aliphatic heterocycles. The summed E-state index contributed by atoms with van der Waals surface area (Å²) in [5, 5.41) is 11.6. The molecule has 0 heterocycles. The summed E-state index contributed by atoms with van der Waals surface area (Å²) in [6, 6.07) is 11.9. The molecule has 0 atom stereocenters. The third-order valence-electron chi connectivity index (χ3n) is 2.47. The topological polar surface area (TPSA) is 49.4 Å². The van der Waals surface area contributed by atoms with Crippen LogP contribution in [-0.4, -0.2) is 5.97 Å². The fraction of sp³-hybridized carbons (Fsp3) is 0.0714. The van der Waals surface area contributed by atoms with E-state index in [0.717, 1.165) is 5.56 Å². The number of hydrogen-bond donors (Lipinski definition) is 0. The third kappa shape index (κ3) is 3.72. The Kier molecular flexibility index (Phi) is 4.45. The zero-order chi connectivity index (χ0) is 13.8. The van der Waals surface area contributed by atoms with Crippen molar-refractivity contribution in [3.05, 3.63) is 63.1 Å².